The molecule has 0 saturated heterocycles. The summed E-state index contributed by atoms with van der Waals surface area (Å²) in [5.74, 6) is 0.994. The number of allylic oxidation sites excluding steroid dienone is 3. The van der Waals surface area contributed by atoms with E-state index in [1.807, 2.05) is 19.1 Å². The molecule has 0 spiro atoms. The topological polar surface area (TPSA) is 9.23 Å². The van der Waals surface area contributed by atoms with Gasteiger partial charge in [-0.1, -0.05) is 12.2 Å². The van der Waals surface area contributed by atoms with Crippen molar-refractivity contribution in [3.63, 3.8) is 0 Å². The molecule has 0 aromatic rings. The van der Waals surface area contributed by atoms with Crippen LogP contribution in [0.25, 0.3) is 0 Å². The van der Waals surface area contributed by atoms with Gasteiger partial charge in [0.25, 0.3) is 0 Å². The maximum atomic E-state index is 5.33. The van der Waals surface area contributed by atoms with E-state index in [1.54, 1.807) is 0 Å². The van der Waals surface area contributed by atoms with Crippen LogP contribution in [0.5, 0.6) is 0 Å². The van der Waals surface area contributed by atoms with Gasteiger partial charge in [-0.25, -0.2) is 0 Å². The van der Waals surface area contributed by atoms with Crippen molar-refractivity contribution in [3.05, 3.63) is 24.0 Å². The molecule has 0 saturated carbocycles. The van der Waals surface area contributed by atoms with E-state index in [0.29, 0.717) is 0 Å². The minimum atomic E-state index is 0.268. The van der Waals surface area contributed by atoms with E-state index >= 15 is 0 Å². The van der Waals surface area contributed by atoms with Crippen molar-refractivity contribution in [2.45, 2.75) is 18.6 Å². The first-order chi connectivity index (χ1) is 4.84. The van der Waals surface area contributed by atoms with Gasteiger partial charge in [-0.2, -0.15) is 12.6 Å². The molecule has 56 valence electrons. The first kappa shape index (κ1) is 7.73. The summed E-state index contributed by atoms with van der Waals surface area (Å²) >= 11 is 4.35. The second-order valence-corrected chi connectivity index (χ2v) is 2.81. The van der Waals surface area contributed by atoms with Gasteiger partial charge in [0.15, 0.2) is 0 Å². The Hall–Kier alpha value is -0.370. The summed E-state index contributed by atoms with van der Waals surface area (Å²) in [5.41, 5.74) is 0. The molecule has 10 heavy (non-hydrogen) atoms. The van der Waals surface area contributed by atoms with E-state index in [4.69, 9.17) is 4.74 Å². The van der Waals surface area contributed by atoms with Gasteiger partial charge in [-0.3, -0.25) is 0 Å². The van der Waals surface area contributed by atoms with Crippen molar-refractivity contribution in [1.29, 1.82) is 0 Å². The van der Waals surface area contributed by atoms with Gasteiger partial charge in [-0.05, 0) is 19.4 Å². The number of hydrogen-bond acceptors (Lipinski definition) is 2. The Morgan fingerprint density at radius 3 is 3.20 bits per heavy atom. The summed E-state index contributed by atoms with van der Waals surface area (Å²) in [6, 6.07) is 0. The fraction of sp³-hybridized carbons (Fsp3) is 0.500. The summed E-state index contributed by atoms with van der Waals surface area (Å²) < 4.78 is 5.33. The lowest BCUT2D eigenvalue weighted by molar-refractivity contribution is 0.221. The molecule has 0 aromatic heterocycles. The number of hydrogen-bond donors (Lipinski definition) is 1. The van der Waals surface area contributed by atoms with Crippen molar-refractivity contribution in [2.75, 3.05) is 6.61 Å². The molecule has 1 aliphatic rings. The van der Waals surface area contributed by atoms with E-state index in [0.717, 1.165) is 18.8 Å². The fourth-order valence-corrected chi connectivity index (χ4v) is 1.19. The second kappa shape index (κ2) is 3.71. The van der Waals surface area contributed by atoms with Crippen LogP contribution in [0.3, 0.4) is 0 Å². The SMILES string of the molecule is CCOC1=CC=CCC1S. The first-order valence-corrected chi connectivity index (χ1v) is 4.04. The van der Waals surface area contributed by atoms with Gasteiger partial charge < -0.3 is 4.74 Å². The van der Waals surface area contributed by atoms with Gasteiger partial charge >= 0.3 is 0 Å². The largest absolute Gasteiger partial charge is 0.497 e. The maximum absolute atomic E-state index is 5.33. The van der Waals surface area contributed by atoms with Crippen LogP contribution in [0.15, 0.2) is 24.0 Å². The molecule has 1 unspecified atom stereocenters. The molecular weight excluding hydrogens is 144 g/mol. The summed E-state index contributed by atoms with van der Waals surface area (Å²) in [5, 5.41) is 0.268. The van der Waals surface area contributed by atoms with E-state index < -0.39 is 0 Å². The normalized spacial score (nSPS) is 24.2. The summed E-state index contributed by atoms with van der Waals surface area (Å²) in [6.07, 6.45) is 7.07. The zero-order valence-corrected chi connectivity index (χ0v) is 6.97. The molecule has 1 rings (SSSR count). The fourth-order valence-electron chi connectivity index (χ4n) is 0.909. The zero-order chi connectivity index (χ0) is 7.40. The van der Waals surface area contributed by atoms with Crippen LogP contribution < -0.4 is 0 Å². The van der Waals surface area contributed by atoms with Crippen LogP contribution in [-0.2, 0) is 4.74 Å². The van der Waals surface area contributed by atoms with Crippen LogP contribution in [0, 0.1) is 0 Å². The minimum absolute atomic E-state index is 0.268. The molecule has 0 fully saturated rings. The maximum Gasteiger partial charge on any atom is 0.109 e. The molecular formula is C8H12OS. The Balaban J connectivity index is 2.52. The van der Waals surface area contributed by atoms with Gasteiger partial charge in [0.05, 0.1) is 11.9 Å². The highest BCUT2D eigenvalue weighted by Crippen LogP contribution is 2.18. The molecule has 2 heteroatoms. The molecule has 0 aromatic carbocycles. The summed E-state index contributed by atoms with van der Waals surface area (Å²) in [7, 11) is 0. The van der Waals surface area contributed by atoms with E-state index in [1.165, 1.54) is 0 Å². The van der Waals surface area contributed by atoms with Gasteiger partial charge in [0, 0.05) is 0 Å². The third-order valence-corrected chi connectivity index (χ3v) is 1.86. The molecule has 0 bridgehead atoms. The smallest absolute Gasteiger partial charge is 0.109 e. The van der Waals surface area contributed by atoms with E-state index in [2.05, 4.69) is 18.7 Å². The standard InChI is InChI=1S/C8H12OS/c1-2-9-7-5-3-4-6-8(7)10/h3-5,8,10H,2,6H2,1H3. The predicted octanol–water partition coefficient (Wildman–Crippen LogP) is 2.17. The molecule has 0 amide bonds. The van der Waals surface area contributed by atoms with Gasteiger partial charge in [0.1, 0.15) is 5.76 Å². The van der Waals surface area contributed by atoms with Crippen molar-refractivity contribution >= 4 is 12.6 Å². The van der Waals surface area contributed by atoms with Crippen LogP contribution in [0.1, 0.15) is 13.3 Å². The van der Waals surface area contributed by atoms with Crippen LogP contribution in [0.2, 0.25) is 0 Å². The van der Waals surface area contributed by atoms with Crippen molar-refractivity contribution in [2.24, 2.45) is 0 Å². The minimum Gasteiger partial charge on any atom is -0.497 e. The highest BCUT2D eigenvalue weighted by atomic mass is 32.1. The molecule has 1 atom stereocenters. The van der Waals surface area contributed by atoms with Crippen LogP contribution in [0.4, 0.5) is 0 Å². The third-order valence-electron chi connectivity index (χ3n) is 1.40. The molecule has 1 aliphatic carbocycles. The third kappa shape index (κ3) is 1.81. The first-order valence-electron chi connectivity index (χ1n) is 3.52. The van der Waals surface area contributed by atoms with Crippen molar-refractivity contribution in [3.8, 4) is 0 Å². The monoisotopic (exact) mass is 156 g/mol. The number of rotatable bonds is 2. The lowest BCUT2D eigenvalue weighted by Crippen LogP contribution is -2.07. The summed E-state index contributed by atoms with van der Waals surface area (Å²) in [6.45, 7) is 2.72. The zero-order valence-electron chi connectivity index (χ0n) is 6.08. The van der Waals surface area contributed by atoms with Gasteiger partial charge in [0.2, 0.25) is 0 Å². The van der Waals surface area contributed by atoms with Crippen LogP contribution >= 0.6 is 12.6 Å². The molecule has 1 nitrogen and oxygen atoms in total. The van der Waals surface area contributed by atoms with Crippen molar-refractivity contribution in [1.82, 2.24) is 0 Å². The predicted molar refractivity (Wildman–Crippen MR) is 46.2 cm³/mol. The van der Waals surface area contributed by atoms with Crippen LogP contribution in [-0.4, -0.2) is 11.9 Å². The quantitative estimate of drug-likeness (QED) is 0.603. The Labute approximate surface area is 67.2 Å². The van der Waals surface area contributed by atoms with Crippen molar-refractivity contribution < 1.29 is 4.74 Å². The highest BCUT2D eigenvalue weighted by Gasteiger charge is 2.10. The lowest BCUT2D eigenvalue weighted by atomic mass is 10.1. The van der Waals surface area contributed by atoms with E-state index in [9.17, 15) is 0 Å². The molecule has 0 radical (unpaired) electrons. The average molecular weight is 156 g/mol. The number of ether oxygens (including phenoxy) is 1. The lowest BCUT2D eigenvalue weighted by Gasteiger charge is -2.15. The highest BCUT2D eigenvalue weighted by molar-refractivity contribution is 7.81. The molecule has 0 heterocycles. The number of thiol groups is 1. The summed E-state index contributed by atoms with van der Waals surface area (Å²) in [4.78, 5) is 0. The molecule has 0 N–H and O–H groups in total. The Morgan fingerprint density at radius 1 is 1.80 bits per heavy atom. The average Bonchev–Trinajstić information content (AvgIpc) is 1.94. The Kier molecular flexibility index (Phi) is 2.87. The Morgan fingerprint density at radius 2 is 2.60 bits per heavy atom. The van der Waals surface area contributed by atoms with E-state index in [-0.39, 0.29) is 5.25 Å². The second-order valence-electron chi connectivity index (χ2n) is 2.18. The Bertz CT molecular complexity index is 161. The molecule has 0 aliphatic heterocycles. The van der Waals surface area contributed by atoms with Gasteiger partial charge in [-0.15, -0.1) is 0 Å².